The molecule has 2 aromatic rings. The molecule has 0 radical (unpaired) electrons. The standard InChI is InChI=1S/C14H19N5O2/c1-18(2)9-10-7-11(17-21-10)14(20)16-13-8-15-12-5-3-4-6-19(12)13/h7-8H,3-6,9H2,1-2H3,(H,16,20). The lowest BCUT2D eigenvalue weighted by molar-refractivity contribution is 0.101. The van der Waals surface area contributed by atoms with Crippen molar-refractivity contribution in [2.45, 2.75) is 32.4 Å². The highest BCUT2D eigenvalue weighted by Gasteiger charge is 2.18. The molecule has 0 atom stereocenters. The molecule has 0 spiro atoms. The topological polar surface area (TPSA) is 76.2 Å². The molecule has 7 nitrogen and oxygen atoms in total. The fourth-order valence-electron chi connectivity index (χ4n) is 2.50. The van der Waals surface area contributed by atoms with Crippen LogP contribution in [0.4, 0.5) is 5.82 Å². The number of rotatable bonds is 4. The monoisotopic (exact) mass is 289 g/mol. The van der Waals surface area contributed by atoms with Crippen molar-refractivity contribution in [2.75, 3.05) is 19.4 Å². The summed E-state index contributed by atoms with van der Waals surface area (Å²) >= 11 is 0. The van der Waals surface area contributed by atoms with Crippen molar-refractivity contribution in [3.05, 3.63) is 29.5 Å². The highest BCUT2D eigenvalue weighted by molar-refractivity contribution is 6.02. The van der Waals surface area contributed by atoms with E-state index in [0.717, 1.165) is 37.4 Å². The number of aromatic nitrogens is 3. The molecule has 1 N–H and O–H groups in total. The number of hydrogen-bond donors (Lipinski definition) is 1. The van der Waals surface area contributed by atoms with E-state index in [0.29, 0.717) is 18.0 Å². The van der Waals surface area contributed by atoms with Crippen LogP contribution in [-0.4, -0.2) is 39.6 Å². The minimum absolute atomic E-state index is 0.267. The van der Waals surface area contributed by atoms with Gasteiger partial charge >= 0.3 is 0 Å². The first kappa shape index (κ1) is 13.8. The quantitative estimate of drug-likeness (QED) is 0.923. The lowest BCUT2D eigenvalue weighted by Crippen LogP contribution is -2.18. The Kier molecular flexibility index (Phi) is 3.74. The number of amides is 1. The number of hydrogen-bond acceptors (Lipinski definition) is 5. The van der Waals surface area contributed by atoms with Gasteiger partial charge in [0, 0.05) is 19.0 Å². The number of imidazole rings is 1. The summed E-state index contributed by atoms with van der Waals surface area (Å²) in [6.07, 6.45) is 4.94. The lowest BCUT2D eigenvalue weighted by atomic mass is 10.2. The van der Waals surface area contributed by atoms with Crippen molar-refractivity contribution in [1.29, 1.82) is 0 Å². The predicted octanol–water partition coefficient (Wildman–Crippen LogP) is 1.52. The Balaban J connectivity index is 1.71. The first-order valence-corrected chi connectivity index (χ1v) is 7.09. The summed E-state index contributed by atoms with van der Waals surface area (Å²) < 4.78 is 7.21. The summed E-state index contributed by atoms with van der Waals surface area (Å²) in [5, 5.41) is 6.68. The summed E-state index contributed by atoms with van der Waals surface area (Å²) in [5.41, 5.74) is 0.290. The Hall–Kier alpha value is -2.15. The zero-order chi connectivity index (χ0) is 14.8. The molecule has 1 amide bonds. The fourth-order valence-corrected chi connectivity index (χ4v) is 2.50. The molecule has 0 saturated heterocycles. The van der Waals surface area contributed by atoms with Crippen LogP contribution in [-0.2, 0) is 19.5 Å². The minimum Gasteiger partial charge on any atom is -0.359 e. The van der Waals surface area contributed by atoms with Crippen molar-refractivity contribution in [3.8, 4) is 0 Å². The zero-order valence-electron chi connectivity index (χ0n) is 12.3. The summed E-state index contributed by atoms with van der Waals surface area (Å²) in [6, 6.07) is 1.67. The van der Waals surface area contributed by atoms with Gasteiger partial charge in [-0.3, -0.25) is 4.79 Å². The molecule has 3 rings (SSSR count). The lowest BCUT2D eigenvalue weighted by Gasteiger charge is -2.16. The fraction of sp³-hybridized carbons (Fsp3) is 0.500. The van der Waals surface area contributed by atoms with Gasteiger partial charge < -0.3 is 19.3 Å². The second-order valence-electron chi connectivity index (χ2n) is 5.54. The highest BCUT2D eigenvalue weighted by atomic mass is 16.5. The average Bonchev–Trinajstić information content (AvgIpc) is 3.06. The van der Waals surface area contributed by atoms with Crippen LogP contribution in [0.15, 0.2) is 16.8 Å². The van der Waals surface area contributed by atoms with E-state index in [4.69, 9.17) is 4.52 Å². The summed E-state index contributed by atoms with van der Waals surface area (Å²) in [4.78, 5) is 18.5. The molecular weight excluding hydrogens is 270 g/mol. The smallest absolute Gasteiger partial charge is 0.279 e. The Bertz CT molecular complexity index is 644. The number of carbonyl (C=O) groups excluding carboxylic acids is 1. The van der Waals surface area contributed by atoms with Crippen molar-refractivity contribution < 1.29 is 9.32 Å². The van der Waals surface area contributed by atoms with Crippen molar-refractivity contribution in [3.63, 3.8) is 0 Å². The number of anilines is 1. The maximum absolute atomic E-state index is 12.2. The summed E-state index contributed by atoms with van der Waals surface area (Å²) in [5.74, 6) is 2.16. The third-order valence-corrected chi connectivity index (χ3v) is 3.48. The van der Waals surface area contributed by atoms with Gasteiger partial charge in [-0.25, -0.2) is 4.98 Å². The van der Waals surface area contributed by atoms with Gasteiger partial charge in [0.1, 0.15) is 11.6 Å². The number of nitrogens with one attached hydrogen (secondary N) is 1. The van der Waals surface area contributed by atoms with E-state index < -0.39 is 0 Å². The molecule has 0 saturated carbocycles. The van der Waals surface area contributed by atoms with Gasteiger partial charge in [-0.15, -0.1) is 0 Å². The third-order valence-electron chi connectivity index (χ3n) is 3.48. The zero-order valence-corrected chi connectivity index (χ0v) is 12.3. The van der Waals surface area contributed by atoms with Crippen LogP contribution in [0, 0.1) is 0 Å². The predicted molar refractivity (Wildman–Crippen MR) is 77.0 cm³/mol. The Morgan fingerprint density at radius 2 is 2.33 bits per heavy atom. The normalized spacial score (nSPS) is 14.2. The van der Waals surface area contributed by atoms with Gasteiger partial charge in [0.25, 0.3) is 5.91 Å². The molecule has 0 aromatic carbocycles. The van der Waals surface area contributed by atoms with Crippen LogP contribution in [0.1, 0.15) is 34.9 Å². The van der Waals surface area contributed by atoms with Crippen LogP contribution >= 0.6 is 0 Å². The molecular formula is C14H19N5O2. The Morgan fingerprint density at radius 3 is 3.14 bits per heavy atom. The van der Waals surface area contributed by atoms with Gasteiger partial charge in [0.15, 0.2) is 11.5 Å². The maximum Gasteiger partial charge on any atom is 0.279 e. The van der Waals surface area contributed by atoms with Crippen LogP contribution < -0.4 is 5.32 Å². The number of carbonyl (C=O) groups is 1. The Labute approximate surface area is 122 Å². The molecule has 0 aliphatic carbocycles. The van der Waals surface area contributed by atoms with Crippen LogP contribution in [0.3, 0.4) is 0 Å². The molecule has 1 aliphatic rings. The Morgan fingerprint density at radius 1 is 1.48 bits per heavy atom. The number of aryl methyl sites for hydroxylation is 1. The summed E-state index contributed by atoms with van der Waals surface area (Å²) in [6.45, 7) is 1.51. The number of fused-ring (bicyclic) bond motifs is 1. The van der Waals surface area contributed by atoms with Crippen molar-refractivity contribution >= 4 is 11.7 Å². The first-order valence-electron chi connectivity index (χ1n) is 7.09. The van der Waals surface area contributed by atoms with E-state index >= 15 is 0 Å². The molecule has 2 aromatic heterocycles. The molecule has 0 unspecified atom stereocenters. The second kappa shape index (κ2) is 5.69. The highest BCUT2D eigenvalue weighted by Crippen LogP contribution is 2.20. The molecule has 0 fully saturated rings. The van der Waals surface area contributed by atoms with Crippen LogP contribution in [0.5, 0.6) is 0 Å². The van der Waals surface area contributed by atoms with E-state index in [9.17, 15) is 4.79 Å². The number of nitrogens with zero attached hydrogens (tertiary/aromatic N) is 4. The van der Waals surface area contributed by atoms with Gasteiger partial charge in [-0.05, 0) is 26.9 Å². The van der Waals surface area contributed by atoms with Crippen LogP contribution in [0.25, 0.3) is 0 Å². The third kappa shape index (κ3) is 2.97. The van der Waals surface area contributed by atoms with E-state index in [2.05, 4.69) is 20.0 Å². The van der Waals surface area contributed by atoms with E-state index in [-0.39, 0.29) is 5.91 Å². The van der Waals surface area contributed by atoms with E-state index in [1.807, 2.05) is 19.0 Å². The van der Waals surface area contributed by atoms with Crippen LogP contribution in [0.2, 0.25) is 0 Å². The SMILES string of the molecule is CN(C)Cc1cc(C(=O)Nc2cnc3n2CCCC3)no1. The average molecular weight is 289 g/mol. The largest absolute Gasteiger partial charge is 0.359 e. The molecule has 7 heteroatoms. The summed E-state index contributed by atoms with van der Waals surface area (Å²) in [7, 11) is 3.86. The van der Waals surface area contributed by atoms with Gasteiger partial charge in [-0.2, -0.15) is 0 Å². The molecule has 112 valence electrons. The molecule has 21 heavy (non-hydrogen) atoms. The maximum atomic E-state index is 12.2. The molecule has 1 aliphatic heterocycles. The van der Waals surface area contributed by atoms with E-state index in [1.165, 1.54) is 0 Å². The van der Waals surface area contributed by atoms with Gasteiger partial charge in [0.2, 0.25) is 0 Å². The second-order valence-corrected chi connectivity index (χ2v) is 5.54. The van der Waals surface area contributed by atoms with Gasteiger partial charge in [0.05, 0.1) is 12.7 Å². The van der Waals surface area contributed by atoms with Gasteiger partial charge in [-0.1, -0.05) is 5.16 Å². The van der Waals surface area contributed by atoms with Crippen molar-refractivity contribution in [2.24, 2.45) is 0 Å². The van der Waals surface area contributed by atoms with Crippen molar-refractivity contribution in [1.82, 2.24) is 19.6 Å². The molecule has 3 heterocycles. The first-order chi connectivity index (χ1) is 10.1. The van der Waals surface area contributed by atoms with E-state index in [1.54, 1.807) is 12.3 Å². The molecule has 0 bridgehead atoms. The minimum atomic E-state index is -0.267.